The van der Waals surface area contributed by atoms with E-state index in [9.17, 15) is 21.6 Å². The summed E-state index contributed by atoms with van der Waals surface area (Å²) in [6, 6.07) is 0. The Hall–Kier alpha value is -0.830. The lowest BCUT2D eigenvalue weighted by Crippen LogP contribution is -2.44. The molecule has 1 atom stereocenters. The second-order valence-electron chi connectivity index (χ2n) is 4.36. The van der Waals surface area contributed by atoms with Gasteiger partial charge in [0, 0.05) is 13.1 Å². The zero-order valence-corrected chi connectivity index (χ0v) is 10.5. The van der Waals surface area contributed by atoms with Crippen molar-refractivity contribution in [3.05, 3.63) is 0 Å². The van der Waals surface area contributed by atoms with Gasteiger partial charge in [-0.15, -0.1) is 0 Å². The summed E-state index contributed by atoms with van der Waals surface area (Å²) >= 11 is 0. The maximum absolute atomic E-state index is 12.6. The van der Waals surface area contributed by atoms with Crippen molar-refractivity contribution >= 4 is 15.7 Å². The summed E-state index contributed by atoms with van der Waals surface area (Å²) in [5.41, 5.74) is 4.95. The van der Waals surface area contributed by atoms with Crippen LogP contribution in [-0.4, -0.2) is 56.5 Å². The number of nitrogens with zero attached hydrogens (tertiary/aromatic N) is 1. The van der Waals surface area contributed by atoms with Crippen molar-refractivity contribution in [3.63, 3.8) is 0 Å². The number of halogens is 3. The number of nitrogens with two attached hydrogens (primary N) is 1. The second-order valence-corrected chi connectivity index (χ2v) is 6.66. The fraction of sp³-hybridized carbons (Fsp3) is 0.889. The Kier molecular flexibility index (Phi) is 4.60. The van der Waals surface area contributed by atoms with E-state index in [1.807, 2.05) is 0 Å². The first-order valence-electron chi connectivity index (χ1n) is 5.45. The Balaban J connectivity index is 2.68. The summed E-state index contributed by atoms with van der Waals surface area (Å²) in [7, 11) is -3.15. The summed E-state index contributed by atoms with van der Waals surface area (Å²) in [6.45, 7) is -0.115. The van der Waals surface area contributed by atoms with Crippen LogP contribution in [-0.2, 0) is 9.84 Å². The quantitative estimate of drug-likeness (QED) is 0.574. The second kappa shape index (κ2) is 5.43. The van der Waals surface area contributed by atoms with Crippen LogP contribution in [0.2, 0.25) is 0 Å². The van der Waals surface area contributed by atoms with Gasteiger partial charge < -0.3 is 10.6 Å². The van der Waals surface area contributed by atoms with Crippen LogP contribution in [0.1, 0.15) is 6.42 Å². The van der Waals surface area contributed by atoms with Gasteiger partial charge in [-0.1, -0.05) is 0 Å². The highest BCUT2D eigenvalue weighted by atomic mass is 32.2. The molecule has 0 aromatic heterocycles. The molecule has 9 heteroatoms. The Morgan fingerprint density at radius 2 is 1.94 bits per heavy atom. The van der Waals surface area contributed by atoms with E-state index in [4.69, 9.17) is 11.1 Å². The normalized spacial score (nSPS) is 23.3. The molecular weight excluding hydrogens is 271 g/mol. The van der Waals surface area contributed by atoms with Crippen molar-refractivity contribution in [2.24, 2.45) is 11.7 Å². The Bertz CT molecular complexity index is 408. The third-order valence-electron chi connectivity index (χ3n) is 2.86. The van der Waals surface area contributed by atoms with Gasteiger partial charge in [-0.05, 0) is 13.0 Å². The fourth-order valence-corrected chi connectivity index (χ4v) is 3.12. The van der Waals surface area contributed by atoms with E-state index in [2.05, 4.69) is 0 Å². The monoisotopic (exact) mass is 287 g/mol. The molecule has 1 saturated heterocycles. The molecule has 1 rings (SSSR count). The molecule has 106 valence electrons. The Morgan fingerprint density at radius 3 is 2.44 bits per heavy atom. The SMILES string of the molecule is N=C(N)C(CN1CCCS(=O)(=O)CC1)C(F)(F)F. The predicted octanol–water partition coefficient (Wildman–Crippen LogP) is 0.221. The Morgan fingerprint density at radius 1 is 1.33 bits per heavy atom. The minimum Gasteiger partial charge on any atom is -0.387 e. The van der Waals surface area contributed by atoms with Gasteiger partial charge in [-0.2, -0.15) is 13.2 Å². The fourth-order valence-electron chi connectivity index (χ4n) is 1.81. The molecule has 0 bridgehead atoms. The zero-order chi connectivity index (χ0) is 14.0. The van der Waals surface area contributed by atoms with Gasteiger partial charge in [0.1, 0.15) is 11.8 Å². The van der Waals surface area contributed by atoms with Crippen molar-refractivity contribution in [2.45, 2.75) is 12.6 Å². The largest absolute Gasteiger partial charge is 0.399 e. The number of rotatable bonds is 3. The van der Waals surface area contributed by atoms with E-state index in [1.54, 1.807) is 0 Å². The third kappa shape index (κ3) is 4.45. The summed E-state index contributed by atoms with van der Waals surface area (Å²) in [5, 5.41) is 6.97. The average molecular weight is 287 g/mol. The lowest BCUT2D eigenvalue weighted by molar-refractivity contribution is -0.159. The van der Waals surface area contributed by atoms with E-state index in [1.165, 1.54) is 4.90 Å². The van der Waals surface area contributed by atoms with E-state index in [0.29, 0.717) is 6.42 Å². The molecule has 0 aromatic rings. The van der Waals surface area contributed by atoms with Gasteiger partial charge in [0.2, 0.25) is 0 Å². The number of amidine groups is 1. The summed E-state index contributed by atoms with van der Waals surface area (Å²) in [6.07, 6.45) is -4.26. The first-order chi connectivity index (χ1) is 8.12. The predicted molar refractivity (Wildman–Crippen MR) is 61.2 cm³/mol. The number of nitrogens with one attached hydrogen (secondary N) is 1. The number of sulfone groups is 1. The van der Waals surface area contributed by atoms with Gasteiger partial charge in [0.15, 0.2) is 9.84 Å². The molecular formula is C9H16F3N3O2S. The van der Waals surface area contributed by atoms with Gasteiger partial charge in [-0.25, -0.2) is 8.42 Å². The summed E-state index contributed by atoms with van der Waals surface area (Å²) in [5.74, 6) is -3.11. The van der Waals surface area contributed by atoms with Crippen molar-refractivity contribution in [2.75, 3.05) is 31.1 Å². The molecule has 0 amide bonds. The van der Waals surface area contributed by atoms with Crippen LogP contribution < -0.4 is 5.73 Å². The molecule has 1 aliphatic rings. The minimum absolute atomic E-state index is 0.000254. The van der Waals surface area contributed by atoms with Crippen LogP contribution in [0.25, 0.3) is 0 Å². The zero-order valence-electron chi connectivity index (χ0n) is 9.70. The molecule has 0 aromatic carbocycles. The molecule has 1 fully saturated rings. The lowest BCUT2D eigenvalue weighted by Gasteiger charge is -2.26. The molecule has 1 unspecified atom stereocenters. The van der Waals surface area contributed by atoms with Crippen molar-refractivity contribution in [1.82, 2.24) is 4.90 Å². The maximum Gasteiger partial charge on any atom is 0.399 e. The average Bonchev–Trinajstić information content (AvgIpc) is 2.34. The molecule has 3 N–H and O–H groups in total. The van der Waals surface area contributed by atoms with Gasteiger partial charge in [-0.3, -0.25) is 5.41 Å². The molecule has 1 heterocycles. The molecule has 18 heavy (non-hydrogen) atoms. The standard InChI is InChI=1S/C9H16F3N3O2S/c10-9(11,12)7(8(13)14)6-15-2-1-4-18(16,17)5-3-15/h7H,1-6H2,(H3,13,14). The molecule has 0 spiro atoms. The number of hydrogen-bond donors (Lipinski definition) is 2. The van der Waals surface area contributed by atoms with Crippen molar-refractivity contribution in [3.8, 4) is 0 Å². The van der Waals surface area contributed by atoms with Crippen LogP contribution in [0.5, 0.6) is 0 Å². The highest BCUT2D eigenvalue weighted by Gasteiger charge is 2.43. The van der Waals surface area contributed by atoms with E-state index < -0.39 is 34.3 Å². The van der Waals surface area contributed by atoms with Gasteiger partial charge in [0.25, 0.3) is 0 Å². The first-order valence-corrected chi connectivity index (χ1v) is 7.27. The Labute approximate surface area is 104 Å². The third-order valence-corrected chi connectivity index (χ3v) is 4.57. The first kappa shape index (κ1) is 15.2. The summed E-state index contributed by atoms with van der Waals surface area (Å²) in [4.78, 5) is 1.41. The lowest BCUT2D eigenvalue weighted by atomic mass is 10.1. The minimum atomic E-state index is -4.57. The molecule has 5 nitrogen and oxygen atoms in total. The van der Waals surface area contributed by atoms with Crippen LogP contribution >= 0.6 is 0 Å². The molecule has 0 radical (unpaired) electrons. The highest BCUT2D eigenvalue weighted by Crippen LogP contribution is 2.27. The van der Waals surface area contributed by atoms with Gasteiger partial charge >= 0.3 is 6.18 Å². The highest BCUT2D eigenvalue weighted by molar-refractivity contribution is 7.91. The molecule has 1 aliphatic heterocycles. The van der Waals surface area contributed by atoms with E-state index >= 15 is 0 Å². The molecule has 0 aliphatic carbocycles. The van der Waals surface area contributed by atoms with Crippen molar-refractivity contribution < 1.29 is 21.6 Å². The maximum atomic E-state index is 12.6. The van der Waals surface area contributed by atoms with Crippen molar-refractivity contribution in [1.29, 1.82) is 5.41 Å². The van der Waals surface area contributed by atoms with Gasteiger partial charge in [0.05, 0.1) is 11.5 Å². The molecule has 0 saturated carbocycles. The van der Waals surface area contributed by atoms with Crippen LogP contribution in [0.3, 0.4) is 0 Å². The van der Waals surface area contributed by atoms with E-state index in [0.717, 1.165) is 0 Å². The van der Waals surface area contributed by atoms with Crippen LogP contribution in [0.4, 0.5) is 13.2 Å². The number of alkyl halides is 3. The van der Waals surface area contributed by atoms with Crippen LogP contribution in [0.15, 0.2) is 0 Å². The number of hydrogen-bond acceptors (Lipinski definition) is 4. The smallest absolute Gasteiger partial charge is 0.387 e. The van der Waals surface area contributed by atoms with E-state index in [-0.39, 0.29) is 24.6 Å². The topological polar surface area (TPSA) is 87.2 Å². The summed E-state index contributed by atoms with van der Waals surface area (Å²) < 4.78 is 60.5. The van der Waals surface area contributed by atoms with Crippen LogP contribution in [0, 0.1) is 11.3 Å².